The standard InChI is InChI=1S/C25H40N8O4/c1-30-10-14-32-8-6-28-20-18(22(34)24(20)36)26-4-3-5-27-19-21(25(37)23(19)35)29-7-9-33(15-11-30)17-13-31(2)12-16-32/h26-29H,3-17H2,1-2H3. The van der Waals surface area contributed by atoms with Crippen LogP contribution in [0.1, 0.15) is 6.42 Å². The van der Waals surface area contributed by atoms with Crippen molar-refractivity contribution in [2.45, 2.75) is 6.42 Å². The lowest BCUT2D eigenvalue weighted by atomic mass is 10.1. The minimum Gasteiger partial charge on any atom is -0.380 e. The molecule has 37 heavy (non-hydrogen) atoms. The Balaban J connectivity index is 1.49. The van der Waals surface area contributed by atoms with Crippen molar-refractivity contribution in [2.75, 3.05) is 127 Å². The number of rotatable bonds is 0. The van der Waals surface area contributed by atoms with Crippen molar-refractivity contribution >= 4 is 22.7 Å². The predicted molar refractivity (Wildman–Crippen MR) is 149 cm³/mol. The molecule has 0 radical (unpaired) electrons. The van der Waals surface area contributed by atoms with Crippen LogP contribution in [-0.4, -0.2) is 125 Å². The summed E-state index contributed by atoms with van der Waals surface area (Å²) in [6, 6.07) is 0. The number of hydrogen-bond donors (Lipinski definition) is 4. The van der Waals surface area contributed by atoms with Gasteiger partial charge in [-0.2, -0.15) is 0 Å². The van der Waals surface area contributed by atoms with Gasteiger partial charge in [-0.25, -0.2) is 0 Å². The van der Waals surface area contributed by atoms with Crippen molar-refractivity contribution in [2.24, 2.45) is 0 Å². The maximum Gasteiger partial charge on any atom is 0.253 e. The van der Waals surface area contributed by atoms with E-state index in [2.05, 4.69) is 55.0 Å². The van der Waals surface area contributed by atoms with Crippen molar-refractivity contribution in [3.8, 4) is 0 Å². The number of nitrogens with zero attached hydrogens (tertiary/aromatic N) is 4. The van der Waals surface area contributed by atoms with Crippen LogP contribution >= 0.6 is 0 Å². The Kier molecular flexibility index (Phi) is 9.30. The molecule has 2 aromatic rings. The molecule has 4 N–H and O–H groups in total. The fraction of sp³-hybridized carbons (Fsp3) is 0.680. The van der Waals surface area contributed by atoms with Crippen molar-refractivity contribution in [3.63, 3.8) is 0 Å². The third kappa shape index (κ3) is 6.75. The highest BCUT2D eigenvalue weighted by Crippen LogP contribution is 2.16. The highest BCUT2D eigenvalue weighted by atomic mass is 16.2. The molecule has 3 heterocycles. The van der Waals surface area contributed by atoms with Crippen molar-refractivity contribution in [3.05, 3.63) is 40.9 Å². The molecule has 3 aliphatic rings. The summed E-state index contributed by atoms with van der Waals surface area (Å²) in [5, 5.41) is 12.5. The molecule has 2 aromatic carbocycles. The van der Waals surface area contributed by atoms with Gasteiger partial charge in [0.05, 0.1) is 0 Å². The molecule has 1 saturated heterocycles. The molecule has 12 heteroatoms. The van der Waals surface area contributed by atoms with Gasteiger partial charge in [-0.05, 0) is 20.5 Å². The van der Waals surface area contributed by atoms with Crippen LogP contribution in [0.4, 0.5) is 22.7 Å². The van der Waals surface area contributed by atoms with Gasteiger partial charge in [-0.1, -0.05) is 0 Å². The van der Waals surface area contributed by atoms with Crippen LogP contribution in [0.3, 0.4) is 0 Å². The fourth-order valence-corrected chi connectivity index (χ4v) is 4.79. The van der Waals surface area contributed by atoms with Crippen molar-refractivity contribution in [1.29, 1.82) is 0 Å². The molecule has 0 atom stereocenters. The average Bonchev–Trinajstić information content (AvgIpc) is 2.90. The van der Waals surface area contributed by atoms with E-state index in [9.17, 15) is 19.2 Å². The number of anilines is 4. The minimum atomic E-state index is -0.498. The smallest absolute Gasteiger partial charge is 0.253 e. The van der Waals surface area contributed by atoms with E-state index in [-0.39, 0.29) is 0 Å². The maximum atomic E-state index is 12.2. The first-order chi connectivity index (χ1) is 17.8. The van der Waals surface area contributed by atoms with E-state index in [1.54, 1.807) is 0 Å². The van der Waals surface area contributed by atoms with Gasteiger partial charge < -0.3 is 31.1 Å². The third-order valence-electron chi connectivity index (χ3n) is 7.43. The maximum absolute atomic E-state index is 12.2. The summed E-state index contributed by atoms with van der Waals surface area (Å²) in [5.74, 6) is 0. The zero-order valence-corrected chi connectivity index (χ0v) is 22.0. The number of nitrogens with one attached hydrogen (secondary N) is 4. The topological polar surface area (TPSA) is 129 Å². The van der Waals surface area contributed by atoms with Crippen LogP contribution in [0.15, 0.2) is 19.2 Å². The second kappa shape index (κ2) is 12.6. The van der Waals surface area contributed by atoms with Crippen molar-refractivity contribution < 1.29 is 0 Å². The second-order valence-electron chi connectivity index (χ2n) is 10.2. The van der Waals surface area contributed by atoms with Gasteiger partial charge in [0.1, 0.15) is 22.7 Å². The fourth-order valence-electron chi connectivity index (χ4n) is 4.79. The number of fused-ring (bicyclic) bond motifs is 16. The van der Waals surface area contributed by atoms with Gasteiger partial charge in [0.15, 0.2) is 0 Å². The molecule has 1 fully saturated rings. The highest BCUT2D eigenvalue weighted by molar-refractivity contribution is 5.74. The van der Waals surface area contributed by atoms with Gasteiger partial charge in [-0.3, -0.25) is 29.0 Å². The van der Waals surface area contributed by atoms with Gasteiger partial charge in [0.25, 0.3) is 21.7 Å². The number of likely N-dealkylation sites (N-methyl/N-ethyl adjacent to an activating group) is 2. The van der Waals surface area contributed by atoms with Crippen LogP contribution < -0.4 is 43.0 Å². The summed E-state index contributed by atoms with van der Waals surface area (Å²) < 4.78 is 0. The van der Waals surface area contributed by atoms with E-state index < -0.39 is 21.7 Å². The first-order valence-electron chi connectivity index (χ1n) is 13.3. The second-order valence-corrected chi connectivity index (χ2v) is 10.2. The quantitative estimate of drug-likeness (QED) is 0.292. The zero-order chi connectivity index (χ0) is 26.4. The molecule has 0 aliphatic carbocycles. The first-order valence-corrected chi connectivity index (χ1v) is 13.3. The molecule has 12 nitrogen and oxygen atoms in total. The molecule has 2 bridgehead atoms. The van der Waals surface area contributed by atoms with Crippen LogP contribution in [0.5, 0.6) is 0 Å². The molecule has 204 valence electrons. The Morgan fingerprint density at radius 3 is 1.05 bits per heavy atom. The SMILES string of the molecule is CN1CCN2CCNc3c(c(=O)c3=O)NCCCNc3c(c(=O)c3=O)NCCN(CC1)CCN(C)CC2. The number of hydrogen-bond acceptors (Lipinski definition) is 12. The molecule has 5 rings (SSSR count). The van der Waals surface area contributed by atoms with Crippen molar-refractivity contribution in [1.82, 2.24) is 19.6 Å². The molecule has 0 unspecified atom stereocenters. The molecule has 0 saturated carbocycles. The Hall–Kier alpha value is -2.80. The van der Waals surface area contributed by atoms with Gasteiger partial charge in [-0.15, -0.1) is 0 Å². The van der Waals surface area contributed by atoms with E-state index >= 15 is 0 Å². The largest absolute Gasteiger partial charge is 0.380 e. The molecule has 0 amide bonds. The Labute approximate surface area is 217 Å². The molecule has 0 spiro atoms. The molecule has 3 aliphatic heterocycles. The van der Waals surface area contributed by atoms with Gasteiger partial charge >= 0.3 is 0 Å². The average molecular weight is 517 g/mol. The summed E-state index contributed by atoms with van der Waals surface area (Å²) >= 11 is 0. The molecular weight excluding hydrogens is 476 g/mol. The normalized spacial score (nSPS) is 24.5. The van der Waals surface area contributed by atoms with E-state index in [4.69, 9.17) is 0 Å². The summed E-state index contributed by atoms with van der Waals surface area (Å²) in [4.78, 5) is 58.0. The Bertz CT molecular complexity index is 1080. The van der Waals surface area contributed by atoms with E-state index in [1.165, 1.54) is 0 Å². The predicted octanol–water partition coefficient (Wildman–Crippen LogP) is -1.89. The summed E-state index contributed by atoms with van der Waals surface area (Å²) in [6.45, 7) is 11.1. The monoisotopic (exact) mass is 516 g/mol. The van der Waals surface area contributed by atoms with E-state index in [0.29, 0.717) is 55.3 Å². The highest BCUT2D eigenvalue weighted by Gasteiger charge is 2.22. The lowest BCUT2D eigenvalue weighted by molar-refractivity contribution is 0.158. The van der Waals surface area contributed by atoms with E-state index in [0.717, 1.165) is 65.4 Å². The van der Waals surface area contributed by atoms with Crippen LogP contribution in [0.2, 0.25) is 0 Å². The van der Waals surface area contributed by atoms with Crippen LogP contribution in [0.25, 0.3) is 0 Å². The van der Waals surface area contributed by atoms with E-state index in [1.807, 2.05) is 0 Å². The van der Waals surface area contributed by atoms with Crippen LogP contribution in [-0.2, 0) is 0 Å². The van der Waals surface area contributed by atoms with Gasteiger partial charge in [0.2, 0.25) is 0 Å². The third-order valence-corrected chi connectivity index (χ3v) is 7.43. The molecular formula is C25H40N8O4. The first kappa shape index (κ1) is 27.2. The minimum absolute atomic E-state index is 0.335. The summed E-state index contributed by atoms with van der Waals surface area (Å²) in [6.07, 6.45) is 0.610. The van der Waals surface area contributed by atoms with Crippen LogP contribution in [0, 0.1) is 0 Å². The Morgan fingerprint density at radius 2 is 0.730 bits per heavy atom. The van der Waals surface area contributed by atoms with Gasteiger partial charge in [0, 0.05) is 91.6 Å². The Morgan fingerprint density at radius 1 is 0.432 bits per heavy atom. The molecule has 0 aromatic heterocycles. The lowest BCUT2D eigenvalue weighted by Crippen LogP contribution is -2.46. The lowest BCUT2D eigenvalue weighted by Gasteiger charge is -2.32. The summed E-state index contributed by atoms with van der Waals surface area (Å²) in [5.41, 5.74) is -0.567. The zero-order valence-electron chi connectivity index (χ0n) is 22.0. The summed E-state index contributed by atoms with van der Waals surface area (Å²) in [7, 11) is 4.26.